The number of aliphatic hydroxyl groups is 1. The van der Waals surface area contributed by atoms with E-state index in [0.717, 1.165) is 12.2 Å². The summed E-state index contributed by atoms with van der Waals surface area (Å²) >= 11 is 1.82. The molecule has 1 rings (SSSR count). The average Bonchev–Trinajstić information content (AvgIpc) is 2.40. The van der Waals surface area contributed by atoms with E-state index in [1.54, 1.807) is 12.1 Å². The van der Waals surface area contributed by atoms with Crippen molar-refractivity contribution < 1.29 is 14.3 Å². The van der Waals surface area contributed by atoms with Crippen LogP contribution in [0.25, 0.3) is 0 Å². The second-order valence-corrected chi connectivity index (χ2v) is 7.83. The molecule has 0 aliphatic carbocycles. The largest absolute Gasteiger partial charge is 0.386 e. The van der Waals surface area contributed by atoms with Gasteiger partial charge in [0.15, 0.2) is 0 Å². The summed E-state index contributed by atoms with van der Waals surface area (Å²) in [6.07, 6.45) is 0.204. The normalized spacial score (nSPS) is 13.0. The topological polar surface area (TPSA) is 49.3 Å². The molecule has 0 fully saturated rings. The van der Waals surface area contributed by atoms with Gasteiger partial charge in [-0.05, 0) is 18.2 Å². The fourth-order valence-electron chi connectivity index (χ4n) is 1.77. The lowest BCUT2D eigenvalue weighted by Gasteiger charge is -2.17. The first-order chi connectivity index (χ1) is 9.79. The minimum Gasteiger partial charge on any atom is -0.386 e. The summed E-state index contributed by atoms with van der Waals surface area (Å²) in [7, 11) is 0. The van der Waals surface area contributed by atoms with Crippen LogP contribution in [-0.4, -0.2) is 28.1 Å². The van der Waals surface area contributed by atoms with E-state index in [0.29, 0.717) is 6.42 Å². The molecule has 0 radical (unpaired) electrons. The van der Waals surface area contributed by atoms with Gasteiger partial charge in [0.2, 0.25) is 5.91 Å². The van der Waals surface area contributed by atoms with Gasteiger partial charge in [0.05, 0.1) is 6.10 Å². The molecule has 1 aromatic rings. The Bertz CT molecular complexity index is 460. The smallest absolute Gasteiger partial charge is 0.220 e. The van der Waals surface area contributed by atoms with Gasteiger partial charge in [-0.25, -0.2) is 4.39 Å². The number of aliphatic hydroxyl groups excluding tert-OH is 1. The van der Waals surface area contributed by atoms with Crippen molar-refractivity contribution in [3.8, 4) is 0 Å². The molecule has 118 valence electrons. The number of carbonyl (C=O) groups is 1. The number of amides is 1. The van der Waals surface area contributed by atoms with Gasteiger partial charge in [-0.3, -0.25) is 4.79 Å². The van der Waals surface area contributed by atoms with Crippen molar-refractivity contribution in [1.82, 2.24) is 5.32 Å². The molecule has 0 aliphatic heterocycles. The Labute approximate surface area is 130 Å². The highest BCUT2D eigenvalue weighted by Crippen LogP contribution is 2.24. The lowest BCUT2D eigenvalue weighted by Crippen LogP contribution is -2.28. The first-order valence-electron chi connectivity index (χ1n) is 7.13. The number of nitrogens with one attached hydrogen (secondary N) is 1. The van der Waals surface area contributed by atoms with E-state index in [4.69, 9.17) is 0 Å². The van der Waals surface area contributed by atoms with Crippen molar-refractivity contribution in [3.63, 3.8) is 0 Å². The molecule has 2 N–H and O–H groups in total. The Balaban J connectivity index is 2.25. The van der Waals surface area contributed by atoms with Crippen LogP contribution in [0.2, 0.25) is 0 Å². The summed E-state index contributed by atoms with van der Waals surface area (Å²) in [6, 6.07) is 6.04. The van der Waals surface area contributed by atoms with Crippen LogP contribution in [0.5, 0.6) is 0 Å². The van der Waals surface area contributed by atoms with E-state index in [-0.39, 0.29) is 22.8 Å². The van der Waals surface area contributed by atoms with Crippen LogP contribution in [0.15, 0.2) is 24.3 Å². The molecule has 0 aromatic heterocycles. The van der Waals surface area contributed by atoms with Crippen molar-refractivity contribution in [2.45, 2.75) is 44.5 Å². The number of benzene rings is 1. The Kier molecular flexibility index (Phi) is 7.18. The summed E-state index contributed by atoms with van der Waals surface area (Å²) in [5, 5.41) is 12.5. The summed E-state index contributed by atoms with van der Waals surface area (Å²) in [5.41, 5.74) is 0.209. The van der Waals surface area contributed by atoms with Crippen molar-refractivity contribution in [2.75, 3.05) is 12.3 Å². The zero-order valence-electron chi connectivity index (χ0n) is 12.9. The Morgan fingerprint density at radius 3 is 2.67 bits per heavy atom. The quantitative estimate of drug-likeness (QED) is 0.760. The highest BCUT2D eigenvalue weighted by Gasteiger charge is 2.14. The molecule has 5 heteroatoms. The van der Waals surface area contributed by atoms with Gasteiger partial charge in [0, 0.05) is 23.3 Å². The number of hydrogen-bond acceptors (Lipinski definition) is 3. The van der Waals surface area contributed by atoms with Crippen LogP contribution in [-0.2, 0) is 4.79 Å². The number of thioether (sulfide) groups is 1. The number of rotatable bonds is 7. The monoisotopic (exact) mass is 313 g/mol. The van der Waals surface area contributed by atoms with Gasteiger partial charge in [-0.15, -0.1) is 0 Å². The van der Waals surface area contributed by atoms with E-state index in [1.807, 2.05) is 11.8 Å². The van der Waals surface area contributed by atoms with Crippen molar-refractivity contribution in [1.29, 1.82) is 0 Å². The minimum absolute atomic E-state index is 0.0339. The third-order valence-corrected chi connectivity index (χ3v) is 4.20. The predicted molar refractivity (Wildman–Crippen MR) is 85.8 cm³/mol. The van der Waals surface area contributed by atoms with E-state index in [1.165, 1.54) is 12.1 Å². The SMILES string of the molecule is CC(C)(C)SCCCC(=O)NCC(O)c1ccccc1F. The standard InChI is InChI=1S/C16H24FNO2S/c1-16(2,3)21-10-6-9-15(20)18-11-14(19)12-7-4-5-8-13(12)17/h4-5,7-8,14,19H,6,9-11H2,1-3H3,(H,18,20). The van der Waals surface area contributed by atoms with E-state index < -0.39 is 11.9 Å². The fourth-order valence-corrected chi connectivity index (χ4v) is 2.67. The minimum atomic E-state index is -1.01. The Hall–Kier alpha value is -1.07. The van der Waals surface area contributed by atoms with E-state index in [9.17, 15) is 14.3 Å². The maximum absolute atomic E-state index is 13.4. The maximum atomic E-state index is 13.4. The summed E-state index contributed by atoms with van der Waals surface area (Å²) in [4.78, 5) is 11.7. The van der Waals surface area contributed by atoms with Crippen LogP contribution in [0.1, 0.15) is 45.3 Å². The average molecular weight is 313 g/mol. The third-order valence-electron chi connectivity index (χ3n) is 2.84. The zero-order chi connectivity index (χ0) is 15.9. The van der Waals surface area contributed by atoms with Crippen LogP contribution < -0.4 is 5.32 Å². The van der Waals surface area contributed by atoms with Gasteiger partial charge in [-0.1, -0.05) is 39.0 Å². The van der Waals surface area contributed by atoms with Crippen molar-refractivity contribution in [2.24, 2.45) is 0 Å². The number of halogens is 1. The molecule has 0 saturated heterocycles. The van der Waals surface area contributed by atoms with Gasteiger partial charge in [0.25, 0.3) is 0 Å². The molecule has 1 atom stereocenters. The summed E-state index contributed by atoms with van der Waals surface area (Å²) in [6.45, 7) is 6.46. The molecule has 0 saturated carbocycles. The Morgan fingerprint density at radius 1 is 1.38 bits per heavy atom. The highest BCUT2D eigenvalue weighted by molar-refractivity contribution is 8.00. The molecule has 0 aliphatic rings. The summed E-state index contributed by atoms with van der Waals surface area (Å²) < 4.78 is 13.7. The highest BCUT2D eigenvalue weighted by atomic mass is 32.2. The van der Waals surface area contributed by atoms with Crippen molar-refractivity contribution >= 4 is 17.7 Å². The molecule has 3 nitrogen and oxygen atoms in total. The summed E-state index contributed by atoms with van der Waals surface area (Å²) in [5.74, 6) is 0.355. The molecule has 1 unspecified atom stereocenters. The third kappa shape index (κ3) is 7.48. The van der Waals surface area contributed by atoms with Crippen LogP contribution in [0, 0.1) is 5.82 Å². The van der Waals surface area contributed by atoms with Gasteiger partial charge < -0.3 is 10.4 Å². The van der Waals surface area contributed by atoms with Crippen LogP contribution in [0.4, 0.5) is 4.39 Å². The zero-order valence-corrected chi connectivity index (χ0v) is 13.7. The number of hydrogen-bond donors (Lipinski definition) is 2. The van der Waals surface area contributed by atoms with E-state index >= 15 is 0 Å². The molecule has 21 heavy (non-hydrogen) atoms. The predicted octanol–water partition coefficient (Wildman–Crippen LogP) is 3.29. The van der Waals surface area contributed by atoms with Gasteiger partial charge in [0.1, 0.15) is 5.82 Å². The maximum Gasteiger partial charge on any atom is 0.220 e. The molecule has 0 spiro atoms. The molecule has 0 bridgehead atoms. The fraction of sp³-hybridized carbons (Fsp3) is 0.562. The lowest BCUT2D eigenvalue weighted by molar-refractivity contribution is -0.121. The lowest BCUT2D eigenvalue weighted by atomic mass is 10.1. The Morgan fingerprint density at radius 2 is 2.05 bits per heavy atom. The molecule has 1 aromatic carbocycles. The molecule has 1 amide bonds. The van der Waals surface area contributed by atoms with Crippen LogP contribution >= 0.6 is 11.8 Å². The number of carbonyl (C=O) groups excluding carboxylic acids is 1. The molecular weight excluding hydrogens is 289 g/mol. The van der Waals surface area contributed by atoms with Crippen molar-refractivity contribution in [3.05, 3.63) is 35.6 Å². The van der Waals surface area contributed by atoms with Gasteiger partial charge >= 0.3 is 0 Å². The van der Waals surface area contributed by atoms with Crippen LogP contribution in [0.3, 0.4) is 0 Å². The molecular formula is C16H24FNO2S. The second kappa shape index (κ2) is 8.39. The van der Waals surface area contributed by atoms with E-state index in [2.05, 4.69) is 26.1 Å². The first kappa shape index (κ1) is 18.0. The first-order valence-corrected chi connectivity index (χ1v) is 8.11. The molecule has 0 heterocycles. The second-order valence-electron chi connectivity index (χ2n) is 5.91. The van der Waals surface area contributed by atoms with Gasteiger partial charge in [-0.2, -0.15) is 11.8 Å².